The highest BCUT2D eigenvalue weighted by Gasteiger charge is 2.36. The number of aryl methyl sites for hydroxylation is 3. The van der Waals surface area contributed by atoms with Gasteiger partial charge in [0.1, 0.15) is 0 Å². The SMILES string of the molecule is CCc1ccc(N2C[C@H](C(=O)OCC(=O)Nc3cc(C)c(Br)c(C)c3)CC2=O)cc1. The predicted molar refractivity (Wildman–Crippen MR) is 119 cm³/mol. The Morgan fingerprint density at radius 1 is 1.17 bits per heavy atom. The molecule has 158 valence electrons. The van der Waals surface area contributed by atoms with Gasteiger partial charge in [0.25, 0.3) is 5.91 Å². The molecule has 0 unspecified atom stereocenters. The van der Waals surface area contributed by atoms with Crippen LogP contribution in [0.5, 0.6) is 0 Å². The molecule has 1 atom stereocenters. The van der Waals surface area contributed by atoms with Crippen molar-refractivity contribution in [3.8, 4) is 0 Å². The van der Waals surface area contributed by atoms with Crippen molar-refractivity contribution in [3.63, 3.8) is 0 Å². The first-order valence-corrected chi connectivity index (χ1v) is 10.7. The van der Waals surface area contributed by atoms with Crippen LogP contribution >= 0.6 is 15.9 Å². The fourth-order valence-corrected chi connectivity index (χ4v) is 3.73. The maximum atomic E-state index is 12.4. The third-order valence-electron chi connectivity index (χ3n) is 5.18. The second kappa shape index (κ2) is 9.43. The van der Waals surface area contributed by atoms with Gasteiger partial charge in [0.15, 0.2) is 6.61 Å². The lowest BCUT2D eigenvalue weighted by atomic mass is 10.1. The highest BCUT2D eigenvalue weighted by atomic mass is 79.9. The topological polar surface area (TPSA) is 75.7 Å². The van der Waals surface area contributed by atoms with Gasteiger partial charge in [-0.1, -0.05) is 35.0 Å². The van der Waals surface area contributed by atoms with Gasteiger partial charge in [0.05, 0.1) is 5.92 Å². The van der Waals surface area contributed by atoms with Crippen LogP contribution in [0.25, 0.3) is 0 Å². The second-order valence-corrected chi connectivity index (χ2v) is 8.30. The first kappa shape index (κ1) is 22.0. The third kappa shape index (κ3) is 5.08. The maximum Gasteiger partial charge on any atom is 0.311 e. The van der Waals surface area contributed by atoms with Crippen molar-refractivity contribution in [3.05, 3.63) is 57.6 Å². The van der Waals surface area contributed by atoms with Crippen LogP contribution in [0.1, 0.15) is 30.0 Å². The number of carbonyl (C=O) groups excluding carboxylic acids is 3. The van der Waals surface area contributed by atoms with Crippen LogP contribution in [0, 0.1) is 19.8 Å². The summed E-state index contributed by atoms with van der Waals surface area (Å²) in [7, 11) is 0. The van der Waals surface area contributed by atoms with E-state index in [1.165, 1.54) is 5.56 Å². The Hall–Kier alpha value is -2.67. The molecule has 2 aromatic rings. The summed E-state index contributed by atoms with van der Waals surface area (Å²) in [5.74, 6) is -1.64. The van der Waals surface area contributed by atoms with E-state index in [9.17, 15) is 14.4 Å². The third-order valence-corrected chi connectivity index (χ3v) is 6.43. The lowest BCUT2D eigenvalue weighted by Crippen LogP contribution is -2.28. The van der Waals surface area contributed by atoms with Crippen molar-refractivity contribution in [1.82, 2.24) is 0 Å². The highest BCUT2D eigenvalue weighted by Crippen LogP contribution is 2.27. The molecule has 2 aromatic carbocycles. The number of anilines is 2. The molecule has 3 rings (SSSR count). The van der Waals surface area contributed by atoms with Gasteiger partial charge in [-0.25, -0.2) is 0 Å². The molecule has 0 aromatic heterocycles. The van der Waals surface area contributed by atoms with Crippen LogP contribution in [0.2, 0.25) is 0 Å². The Morgan fingerprint density at radius 2 is 1.80 bits per heavy atom. The average molecular weight is 473 g/mol. The molecule has 0 aliphatic carbocycles. The molecule has 30 heavy (non-hydrogen) atoms. The molecule has 1 heterocycles. The number of hydrogen-bond acceptors (Lipinski definition) is 4. The van der Waals surface area contributed by atoms with Crippen LogP contribution in [0.15, 0.2) is 40.9 Å². The molecule has 0 bridgehead atoms. The largest absolute Gasteiger partial charge is 0.455 e. The molecule has 1 fully saturated rings. The van der Waals surface area contributed by atoms with Crippen molar-refractivity contribution in [2.24, 2.45) is 5.92 Å². The van der Waals surface area contributed by atoms with E-state index in [2.05, 4.69) is 28.2 Å². The number of rotatable bonds is 6. The van der Waals surface area contributed by atoms with Crippen LogP contribution in [0.3, 0.4) is 0 Å². The van der Waals surface area contributed by atoms with E-state index < -0.39 is 17.8 Å². The quantitative estimate of drug-likeness (QED) is 0.640. The Bertz CT molecular complexity index is 949. The zero-order valence-electron chi connectivity index (χ0n) is 17.3. The Labute approximate surface area is 184 Å². The fraction of sp³-hybridized carbons (Fsp3) is 0.348. The Kier molecular flexibility index (Phi) is 6.92. The van der Waals surface area contributed by atoms with Gasteiger partial charge in [-0.3, -0.25) is 14.4 Å². The molecule has 2 amide bonds. The number of nitrogens with one attached hydrogen (secondary N) is 1. The zero-order chi connectivity index (χ0) is 21.8. The standard InChI is InChI=1S/C23H25BrN2O4/c1-4-16-5-7-19(8-6-16)26-12-17(11-21(26)28)23(29)30-13-20(27)25-18-9-14(2)22(24)15(3)10-18/h5-10,17H,4,11-13H2,1-3H3,(H,25,27)/t17-/m1/s1. The number of nitrogens with zero attached hydrogens (tertiary/aromatic N) is 1. The molecule has 0 spiro atoms. The van der Waals surface area contributed by atoms with Crippen molar-refractivity contribution < 1.29 is 19.1 Å². The Balaban J connectivity index is 1.53. The zero-order valence-corrected chi connectivity index (χ0v) is 18.9. The number of amides is 2. The lowest BCUT2D eigenvalue weighted by Gasteiger charge is -2.17. The predicted octanol–water partition coefficient (Wildman–Crippen LogP) is 4.16. The number of carbonyl (C=O) groups is 3. The maximum absolute atomic E-state index is 12.4. The summed E-state index contributed by atoms with van der Waals surface area (Å²) in [4.78, 5) is 38.5. The van der Waals surface area contributed by atoms with Crippen molar-refractivity contribution >= 4 is 45.1 Å². The summed E-state index contributed by atoms with van der Waals surface area (Å²) in [6.45, 7) is 5.81. The van der Waals surface area contributed by atoms with Gasteiger partial charge >= 0.3 is 5.97 Å². The van der Waals surface area contributed by atoms with Crippen LogP contribution in [0.4, 0.5) is 11.4 Å². The average Bonchev–Trinajstić information content (AvgIpc) is 3.12. The van der Waals surface area contributed by atoms with E-state index >= 15 is 0 Å². The molecule has 1 aliphatic heterocycles. The summed E-state index contributed by atoms with van der Waals surface area (Å²) in [5.41, 5.74) is 4.60. The first-order valence-electron chi connectivity index (χ1n) is 9.91. The Morgan fingerprint density at radius 3 is 2.40 bits per heavy atom. The normalized spacial score (nSPS) is 15.9. The van der Waals surface area contributed by atoms with E-state index in [1.807, 2.05) is 50.2 Å². The minimum absolute atomic E-state index is 0.0844. The van der Waals surface area contributed by atoms with Crippen LogP contribution < -0.4 is 10.2 Å². The number of halogens is 1. The summed E-state index contributed by atoms with van der Waals surface area (Å²) in [6, 6.07) is 11.4. The molecule has 0 saturated carbocycles. The smallest absolute Gasteiger partial charge is 0.311 e. The van der Waals surface area contributed by atoms with E-state index in [0.717, 1.165) is 27.7 Å². The van der Waals surface area contributed by atoms with Crippen LogP contribution in [-0.4, -0.2) is 30.9 Å². The van der Waals surface area contributed by atoms with E-state index in [0.29, 0.717) is 5.69 Å². The van der Waals surface area contributed by atoms with Crippen molar-refractivity contribution in [2.45, 2.75) is 33.6 Å². The van der Waals surface area contributed by atoms with Gasteiger partial charge in [0, 0.05) is 28.8 Å². The lowest BCUT2D eigenvalue weighted by molar-refractivity contribution is -0.151. The number of benzene rings is 2. The molecule has 1 saturated heterocycles. The molecule has 1 N–H and O–H groups in total. The van der Waals surface area contributed by atoms with E-state index in [-0.39, 0.29) is 25.5 Å². The van der Waals surface area contributed by atoms with Crippen LogP contribution in [-0.2, 0) is 25.5 Å². The number of esters is 1. The molecule has 6 nitrogen and oxygen atoms in total. The molecular formula is C23H25BrN2O4. The van der Waals surface area contributed by atoms with Gasteiger partial charge < -0.3 is 15.0 Å². The van der Waals surface area contributed by atoms with Gasteiger partial charge in [0.2, 0.25) is 5.91 Å². The number of ether oxygens (including phenoxy) is 1. The summed E-state index contributed by atoms with van der Waals surface area (Å²) < 4.78 is 6.17. The summed E-state index contributed by atoms with van der Waals surface area (Å²) in [5, 5.41) is 2.74. The minimum atomic E-state index is -0.576. The first-order chi connectivity index (χ1) is 14.3. The van der Waals surface area contributed by atoms with Crippen molar-refractivity contribution in [2.75, 3.05) is 23.4 Å². The summed E-state index contributed by atoms with van der Waals surface area (Å²) in [6.07, 6.45) is 1.01. The summed E-state index contributed by atoms with van der Waals surface area (Å²) >= 11 is 3.49. The highest BCUT2D eigenvalue weighted by molar-refractivity contribution is 9.10. The number of hydrogen-bond donors (Lipinski definition) is 1. The molecule has 0 radical (unpaired) electrons. The van der Waals surface area contributed by atoms with Gasteiger partial charge in [-0.05, 0) is 61.2 Å². The monoisotopic (exact) mass is 472 g/mol. The van der Waals surface area contributed by atoms with E-state index in [4.69, 9.17) is 4.74 Å². The van der Waals surface area contributed by atoms with E-state index in [1.54, 1.807) is 4.90 Å². The van der Waals surface area contributed by atoms with Gasteiger partial charge in [-0.15, -0.1) is 0 Å². The molecule has 7 heteroatoms. The second-order valence-electron chi connectivity index (χ2n) is 7.51. The molecule has 1 aliphatic rings. The van der Waals surface area contributed by atoms with Gasteiger partial charge in [-0.2, -0.15) is 0 Å². The fourth-order valence-electron chi connectivity index (χ4n) is 3.50. The minimum Gasteiger partial charge on any atom is -0.455 e. The van der Waals surface area contributed by atoms with Crippen molar-refractivity contribution in [1.29, 1.82) is 0 Å². The molecular weight excluding hydrogens is 448 g/mol.